The Bertz CT molecular complexity index is 581. The molecule has 0 saturated carbocycles. The zero-order valence-electron chi connectivity index (χ0n) is 13.3. The second-order valence-corrected chi connectivity index (χ2v) is 5.90. The highest BCUT2D eigenvalue weighted by Gasteiger charge is 2.34. The number of hydrogen-bond acceptors (Lipinski definition) is 2. The van der Waals surface area contributed by atoms with Crippen molar-refractivity contribution < 1.29 is 0 Å². The summed E-state index contributed by atoms with van der Waals surface area (Å²) in [5.41, 5.74) is 17.1. The third kappa shape index (κ3) is 3.11. The Morgan fingerprint density at radius 1 is 1.14 bits per heavy atom. The van der Waals surface area contributed by atoms with Crippen LogP contribution in [-0.4, -0.2) is 6.04 Å². The van der Waals surface area contributed by atoms with Crippen LogP contribution in [0.3, 0.4) is 0 Å². The summed E-state index contributed by atoms with van der Waals surface area (Å²) in [5.74, 6) is 0. The molecule has 2 rings (SSSR count). The van der Waals surface area contributed by atoms with Gasteiger partial charge in [0.25, 0.3) is 0 Å². The fourth-order valence-corrected chi connectivity index (χ4v) is 2.99. The van der Waals surface area contributed by atoms with Gasteiger partial charge in [-0.3, -0.25) is 0 Å². The molecule has 2 heteroatoms. The largest absolute Gasteiger partial charge is 0.399 e. The van der Waals surface area contributed by atoms with Crippen LogP contribution in [0.4, 0.5) is 0 Å². The number of hydrogen-bond donors (Lipinski definition) is 2. The molecule has 0 aliphatic heterocycles. The molecule has 0 bridgehead atoms. The second-order valence-electron chi connectivity index (χ2n) is 5.90. The average molecular weight is 282 g/mol. The molecule has 0 amide bonds. The minimum atomic E-state index is -0.185. The van der Waals surface area contributed by atoms with E-state index in [1.165, 1.54) is 16.7 Å². The van der Waals surface area contributed by atoms with Crippen LogP contribution in [0.25, 0.3) is 6.08 Å². The van der Waals surface area contributed by atoms with Gasteiger partial charge < -0.3 is 11.5 Å². The highest BCUT2D eigenvalue weighted by atomic mass is 14.7. The van der Waals surface area contributed by atoms with Crippen molar-refractivity contribution in [2.45, 2.75) is 39.7 Å². The molecule has 4 N–H and O–H groups in total. The molecule has 0 radical (unpaired) electrons. The highest BCUT2D eigenvalue weighted by molar-refractivity contribution is 5.53. The summed E-state index contributed by atoms with van der Waals surface area (Å²) in [5, 5.41) is 0. The van der Waals surface area contributed by atoms with Gasteiger partial charge in [0.2, 0.25) is 0 Å². The highest BCUT2D eigenvalue weighted by Crippen LogP contribution is 2.38. The lowest BCUT2D eigenvalue weighted by atomic mass is 9.71. The van der Waals surface area contributed by atoms with Crippen molar-refractivity contribution in [2.24, 2.45) is 16.9 Å². The summed E-state index contributed by atoms with van der Waals surface area (Å²) < 4.78 is 0. The van der Waals surface area contributed by atoms with E-state index in [-0.39, 0.29) is 11.5 Å². The maximum Gasteiger partial charge on any atom is 0.0402 e. The fraction of sp³-hybridized carbons (Fsp3) is 0.368. The lowest BCUT2D eigenvalue weighted by Crippen LogP contribution is -2.42. The van der Waals surface area contributed by atoms with E-state index in [2.05, 4.69) is 51.1 Å². The first-order chi connectivity index (χ1) is 10.0. The van der Waals surface area contributed by atoms with Gasteiger partial charge in [0.15, 0.2) is 0 Å². The molecule has 1 aliphatic rings. The minimum absolute atomic E-state index is 0.0576. The molecule has 1 aromatic rings. The van der Waals surface area contributed by atoms with Crippen LogP contribution in [0, 0.1) is 5.41 Å². The first kappa shape index (κ1) is 15.6. The van der Waals surface area contributed by atoms with E-state index in [9.17, 15) is 0 Å². The Kier molecular flexibility index (Phi) is 4.69. The topological polar surface area (TPSA) is 52.0 Å². The third-order valence-corrected chi connectivity index (χ3v) is 4.42. The van der Waals surface area contributed by atoms with Crippen molar-refractivity contribution in [1.29, 1.82) is 0 Å². The number of allylic oxidation sites excluding steroid dienone is 1. The van der Waals surface area contributed by atoms with Crippen LogP contribution >= 0.6 is 0 Å². The first-order valence-corrected chi connectivity index (χ1v) is 7.72. The fourth-order valence-electron chi connectivity index (χ4n) is 2.99. The van der Waals surface area contributed by atoms with Crippen molar-refractivity contribution in [2.75, 3.05) is 0 Å². The van der Waals surface area contributed by atoms with Gasteiger partial charge in [-0.25, -0.2) is 0 Å². The Morgan fingerprint density at radius 2 is 1.81 bits per heavy atom. The standard InChI is InChI=1S/C19H26N2/c1-4-15-13-19(3,18(21)16(5-2)17(15)20)12-11-14-9-7-6-8-10-14/h6-13,18H,4-5,20-21H2,1-3H3. The smallest absolute Gasteiger partial charge is 0.0402 e. The van der Waals surface area contributed by atoms with Crippen LogP contribution in [0.1, 0.15) is 39.2 Å². The van der Waals surface area contributed by atoms with E-state index in [1.54, 1.807) is 0 Å². The normalized spacial score (nSPS) is 26.3. The SMILES string of the molecule is CCC1=CC(C)(C=Cc2ccccc2)C(N)C(CC)=C1N. The molecule has 0 spiro atoms. The molecule has 0 heterocycles. The molecule has 0 saturated heterocycles. The Morgan fingerprint density at radius 3 is 2.38 bits per heavy atom. The first-order valence-electron chi connectivity index (χ1n) is 7.72. The molecule has 21 heavy (non-hydrogen) atoms. The average Bonchev–Trinajstić information content (AvgIpc) is 2.51. The quantitative estimate of drug-likeness (QED) is 0.876. The summed E-state index contributed by atoms with van der Waals surface area (Å²) in [7, 11) is 0. The summed E-state index contributed by atoms with van der Waals surface area (Å²) in [4.78, 5) is 0. The maximum atomic E-state index is 6.51. The maximum absolute atomic E-state index is 6.51. The van der Waals surface area contributed by atoms with E-state index in [1.807, 2.05) is 18.2 Å². The van der Waals surface area contributed by atoms with Crippen LogP contribution < -0.4 is 11.5 Å². The molecule has 1 aromatic carbocycles. The van der Waals surface area contributed by atoms with E-state index < -0.39 is 0 Å². The molecule has 1 aliphatic carbocycles. The van der Waals surface area contributed by atoms with Crippen LogP contribution in [-0.2, 0) is 0 Å². The number of rotatable bonds is 4. The van der Waals surface area contributed by atoms with Gasteiger partial charge in [-0.2, -0.15) is 0 Å². The zero-order chi connectivity index (χ0) is 15.5. The van der Waals surface area contributed by atoms with Gasteiger partial charge in [-0.1, -0.05) is 69.3 Å². The van der Waals surface area contributed by atoms with Crippen LogP contribution in [0.15, 0.2) is 59.3 Å². The molecule has 0 fully saturated rings. The molecule has 2 nitrogen and oxygen atoms in total. The Labute approximate surface area is 128 Å². The Hall–Kier alpha value is -1.80. The van der Waals surface area contributed by atoms with Crippen molar-refractivity contribution in [3.05, 3.63) is 64.9 Å². The van der Waals surface area contributed by atoms with E-state index >= 15 is 0 Å². The summed E-state index contributed by atoms with van der Waals surface area (Å²) in [6.45, 7) is 6.46. The monoisotopic (exact) mass is 282 g/mol. The van der Waals surface area contributed by atoms with Gasteiger partial charge in [-0.05, 0) is 29.6 Å². The summed E-state index contributed by atoms with van der Waals surface area (Å²) in [6, 6.07) is 10.3. The van der Waals surface area contributed by atoms with E-state index in [0.29, 0.717) is 0 Å². The minimum Gasteiger partial charge on any atom is -0.399 e. The van der Waals surface area contributed by atoms with Crippen LogP contribution in [0.2, 0.25) is 0 Å². The predicted octanol–water partition coefficient (Wildman–Crippen LogP) is 4.01. The second kappa shape index (κ2) is 6.31. The van der Waals surface area contributed by atoms with Gasteiger partial charge in [0.05, 0.1) is 0 Å². The van der Waals surface area contributed by atoms with Crippen molar-refractivity contribution in [3.63, 3.8) is 0 Å². The Balaban J connectivity index is 2.37. The van der Waals surface area contributed by atoms with Gasteiger partial charge in [0.1, 0.15) is 0 Å². The van der Waals surface area contributed by atoms with Crippen molar-refractivity contribution >= 4 is 6.08 Å². The van der Waals surface area contributed by atoms with Gasteiger partial charge in [-0.15, -0.1) is 0 Å². The van der Waals surface area contributed by atoms with Gasteiger partial charge >= 0.3 is 0 Å². The molecule has 2 unspecified atom stereocenters. The lowest BCUT2D eigenvalue weighted by molar-refractivity contribution is 0.446. The van der Waals surface area contributed by atoms with Crippen molar-refractivity contribution in [3.8, 4) is 0 Å². The predicted molar refractivity (Wildman–Crippen MR) is 91.4 cm³/mol. The third-order valence-electron chi connectivity index (χ3n) is 4.42. The summed E-state index contributed by atoms with van der Waals surface area (Å²) >= 11 is 0. The summed E-state index contributed by atoms with van der Waals surface area (Å²) in [6.07, 6.45) is 8.45. The number of nitrogens with two attached hydrogens (primary N) is 2. The molecular weight excluding hydrogens is 256 g/mol. The lowest BCUT2D eigenvalue weighted by Gasteiger charge is -2.37. The van der Waals surface area contributed by atoms with Gasteiger partial charge in [0, 0.05) is 17.2 Å². The van der Waals surface area contributed by atoms with Crippen molar-refractivity contribution in [1.82, 2.24) is 0 Å². The molecule has 0 aromatic heterocycles. The van der Waals surface area contributed by atoms with E-state index in [4.69, 9.17) is 11.5 Å². The zero-order valence-corrected chi connectivity index (χ0v) is 13.3. The van der Waals surface area contributed by atoms with Crippen LogP contribution in [0.5, 0.6) is 0 Å². The number of benzene rings is 1. The van der Waals surface area contributed by atoms with E-state index in [0.717, 1.165) is 18.5 Å². The molecular formula is C19H26N2. The molecule has 112 valence electrons. The molecule has 2 atom stereocenters.